The summed E-state index contributed by atoms with van der Waals surface area (Å²) in [6.45, 7) is 32.9. The molecule has 1 aromatic heterocycles. The summed E-state index contributed by atoms with van der Waals surface area (Å²) in [4.78, 5) is 95.5. The summed E-state index contributed by atoms with van der Waals surface area (Å²) in [5, 5.41) is 21.9. The lowest BCUT2D eigenvalue weighted by molar-refractivity contribution is -0.192. The highest BCUT2D eigenvalue weighted by Gasteiger charge is 2.22. The molecule has 6 aromatic carbocycles. The second kappa shape index (κ2) is 47.7. The summed E-state index contributed by atoms with van der Waals surface area (Å²) in [5.41, 5.74) is 16.9. The second-order valence-electron chi connectivity index (χ2n) is 23.7. The number of hydrogen-bond donors (Lipinski definition) is 7. The van der Waals surface area contributed by atoms with Crippen LogP contribution in [0.25, 0.3) is 10.9 Å². The Kier molecular flexibility index (Phi) is 43.9. The fraction of sp³-hybridized carbons (Fsp3) is 0.403. The summed E-state index contributed by atoms with van der Waals surface area (Å²) in [7, 11) is 9.65. The van der Waals surface area contributed by atoms with Gasteiger partial charge in [-0.2, -0.15) is 9.59 Å². The zero-order valence-corrected chi connectivity index (χ0v) is 63.9. The number of esters is 1. The van der Waals surface area contributed by atoms with Gasteiger partial charge in [-0.1, -0.05) is 72.7 Å². The van der Waals surface area contributed by atoms with Crippen molar-refractivity contribution in [1.82, 2.24) is 4.98 Å². The number of ketones is 2. The number of Topliss-reactive ketones (excluding diaryl/α,β-unsaturated/α-hetero) is 2. The molecule has 554 valence electrons. The van der Waals surface area contributed by atoms with Crippen molar-refractivity contribution >= 4 is 99.1 Å². The number of aryl methyl sites for hydroxylation is 2. The van der Waals surface area contributed by atoms with Gasteiger partial charge in [0.05, 0.1) is 60.4 Å². The van der Waals surface area contributed by atoms with E-state index in [0.29, 0.717) is 58.4 Å². The molecule has 23 nitrogen and oxygen atoms in total. The summed E-state index contributed by atoms with van der Waals surface area (Å²) in [5.74, 6) is 4.07. The number of aromatic amines is 1. The van der Waals surface area contributed by atoms with Gasteiger partial charge in [0, 0.05) is 115 Å². The first kappa shape index (κ1) is 92.8. The molecular formula is C77H107ClN6O17. The Balaban J connectivity index is 0. The molecule has 1 heterocycles. The highest BCUT2D eigenvalue weighted by molar-refractivity contribution is 5.99. The average Bonchev–Trinajstić information content (AvgIpc) is 1.66. The average molecular weight is 1420 g/mol. The lowest BCUT2D eigenvalue weighted by atomic mass is 9.97. The zero-order valence-electron chi connectivity index (χ0n) is 63.1. The normalized spacial score (nSPS) is 10.2. The fourth-order valence-electron chi connectivity index (χ4n) is 9.16. The largest absolute Gasteiger partial charge is 0.497 e. The molecule has 8 N–H and O–H groups in total. The van der Waals surface area contributed by atoms with E-state index >= 15 is 0 Å². The number of benzene rings is 6. The Labute approximate surface area is 602 Å². The topological polar surface area (TPSA) is 328 Å². The van der Waals surface area contributed by atoms with Crippen LogP contribution in [0.15, 0.2) is 109 Å². The van der Waals surface area contributed by atoms with Gasteiger partial charge in [-0.25, -0.2) is 0 Å². The van der Waals surface area contributed by atoms with Gasteiger partial charge in [0.2, 0.25) is 23.6 Å². The van der Waals surface area contributed by atoms with Crippen molar-refractivity contribution in [2.45, 2.75) is 154 Å². The number of rotatable bonds is 19. The standard InChI is InChI=1S/C15H21NO.C12H17NO3.C12H17NO2.C11H13NO3.C10H15NO.C9H11NO2.C7H12O3.CO2.ClH/c1-6-13-10(4)12-7-11(9(2)3)15(17-5)8-14(12)16-13;1-8(14)13-9-5-6-10(12(2,3)15)11(7-9)16-4;1-8(2)11-6-5-10(13-9(3)14)7-12(11)15-4;1-7(13)10-5-4-9(12-8(2)14)6-11(10)15-3;1-7(2)9-5-4-8(11)6-10(9)12-3;1-7(11)10-8-4-3-5-9(6-8)12-2;1-4-10-7(9)5(2)6(3)8;2-1-3;/h7-9,16H,6H2,1-5H3;5-7,15H,1-4H3,(H,13,14);5-8H,1-4H3,(H,13,14);4-6H,1-3H3,(H,12,14);4-7H,11H2,1-3H3;3-6H,1-2H3,(H,10,11);5H,4H2,1-3H3;;1H. The van der Waals surface area contributed by atoms with Crippen LogP contribution in [-0.4, -0.2) is 107 Å². The van der Waals surface area contributed by atoms with Gasteiger partial charge in [0.25, 0.3) is 0 Å². The van der Waals surface area contributed by atoms with Crippen LogP contribution in [0.2, 0.25) is 0 Å². The third-order valence-electron chi connectivity index (χ3n) is 14.3. The molecule has 24 heteroatoms. The molecule has 0 aliphatic carbocycles. The number of carbonyl (C=O) groups excluding carboxylic acids is 9. The van der Waals surface area contributed by atoms with E-state index in [0.717, 1.165) is 52.0 Å². The number of H-pyrrole nitrogens is 1. The van der Waals surface area contributed by atoms with Gasteiger partial charge in [-0.3, -0.25) is 33.6 Å². The molecule has 7 aromatic rings. The van der Waals surface area contributed by atoms with Gasteiger partial charge in [0.1, 0.15) is 46.2 Å². The van der Waals surface area contributed by atoms with E-state index in [1.807, 2.05) is 54.6 Å². The smallest absolute Gasteiger partial charge is 0.373 e. The van der Waals surface area contributed by atoms with E-state index in [1.54, 1.807) is 98.6 Å². The van der Waals surface area contributed by atoms with Crippen LogP contribution in [0, 0.1) is 12.8 Å². The van der Waals surface area contributed by atoms with Crippen LogP contribution in [-0.2, 0) is 55.1 Å². The predicted octanol–water partition coefficient (Wildman–Crippen LogP) is 15.4. The number of aliphatic hydroxyl groups is 1. The predicted molar refractivity (Wildman–Crippen MR) is 402 cm³/mol. The minimum Gasteiger partial charge on any atom is -0.497 e. The molecule has 0 aliphatic heterocycles. The third-order valence-corrected chi connectivity index (χ3v) is 14.3. The molecule has 0 bridgehead atoms. The summed E-state index contributed by atoms with van der Waals surface area (Å²) < 4.78 is 35.8. The van der Waals surface area contributed by atoms with Gasteiger partial charge in [-0.05, 0) is 143 Å². The van der Waals surface area contributed by atoms with Crippen LogP contribution in [0.5, 0.6) is 34.5 Å². The van der Waals surface area contributed by atoms with Crippen LogP contribution < -0.4 is 55.4 Å². The second-order valence-corrected chi connectivity index (χ2v) is 23.7. The summed E-state index contributed by atoms with van der Waals surface area (Å²) in [6.07, 6.45) is 1.29. The summed E-state index contributed by atoms with van der Waals surface area (Å²) in [6, 6.07) is 33.2. The maximum absolute atomic E-state index is 11.2. The SMILES string of the molecule is CCOC(=O)C(C)C(C)=O.CCc1[nH]c2cc(OC)c(C(C)C)cc2c1C.COc1cc(N)ccc1C(C)C.COc1cc(NC(C)=O)ccc1C(C)(C)O.COc1cc(NC(C)=O)ccc1C(C)=O.COc1cc(NC(C)=O)ccc1C(C)C.COc1cccc(NC(C)=O)c1.Cl.O=C=O. The van der Waals surface area contributed by atoms with Crippen molar-refractivity contribution in [3.8, 4) is 34.5 Å². The Morgan fingerprint density at radius 2 is 0.931 bits per heavy atom. The molecule has 0 spiro atoms. The van der Waals surface area contributed by atoms with Crippen molar-refractivity contribution in [2.75, 3.05) is 76.3 Å². The molecule has 101 heavy (non-hydrogen) atoms. The zero-order chi connectivity index (χ0) is 76.7. The Hall–Kier alpha value is -10.2. The quantitative estimate of drug-likeness (QED) is 0.0171. The van der Waals surface area contributed by atoms with Crippen LogP contribution >= 0.6 is 12.4 Å². The van der Waals surface area contributed by atoms with Crippen molar-refractivity contribution < 1.29 is 81.4 Å². The Morgan fingerprint density at radius 3 is 1.33 bits per heavy atom. The van der Waals surface area contributed by atoms with E-state index in [2.05, 4.69) is 98.5 Å². The number of fused-ring (bicyclic) bond motifs is 1. The number of hydrogen-bond acceptors (Lipinski definition) is 18. The molecule has 0 radical (unpaired) electrons. The van der Waals surface area contributed by atoms with E-state index in [-0.39, 0.29) is 53.8 Å². The van der Waals surface area contributed by atoms with Gasteiger partial charge in [-0.15, -0.1) is 12.4 Å². The van der Waals surface area contributed by atoms with E-state index in [1.165, 1.54) is 89.0 Å². The summed E-state index contributed by atoms with van der Waals surface area (Å²) >= 11 is 0. The number of amides is 4. The van der Waals surface area contributed by atoms with Gasteiger partial charge in [0.15, 0.2) is 5.78 Å². The molecule has 0 aliphatic rings. The first-order chi connectivity index (χ1) is 46.9. The minimum absolute atomic E-state index is 0. The first-order valence-electron chi connectivity index (χ1n) is 32.2. The number of nitrogens with two attached hydrogens (primary N) is 1. The third kappa shape index (κ3) is 33.9. The van der Waals surface area contributed by atoms with Gasteiger partial charge < -0.3 is 70.2 Å². The van der Waals surface area contributed by atoms with Crippen molar-refractivity contribution in [2.24, 2.45) is 5.92 Å². The fourth-order valence-corrected chi connectivity index (χ4v) is 9.16. The number of nitrogens with one attached hydrogen (secondary N) is 5. The monoisotopic (exact) mass is 1420 g/mol. The Morgan fingerprint density at radius 1 is 0.525 bits per heavy atom. The maximum atomic E-state index is 11.2. The van der Waals surface area contributed by atoms with Crippen LogP contribution in [0.4, 0.5) is 28.4 Å². The van der Waals surface area contributed by atoms with E-state index in [9.17, 15) is 38.7 Å². The maximum Gasteiger partial charge on any atom is 0.373 e. The lowest BCUT2D eigenvalue weighted by Crippen LogP contribution is -2.20. The number of carbonyl (C=O) groups is 7. The minimum atomic E-state index is -0.972. The highest BCUT2D eigenvalue weighted by Crippen LogP contribution is 2.35. The van der Waals surface area contributed by atoms with Crippen LogP contribution in [0.3, 0.4) is 0 Å². The Bertz CT molecular complexity index is 3810. The molecule has 1 unspecified atom stereocenters. The first-order valence-corrected chi connectivity index (χ1v) is 32.2. The lowest BCUT2D eigenvalue weighted by Gasteiger charge is -2.21. The molecule has 4 amide bonds. The number of nitrogen functional groups attached to an aromatic ring is 1. The number of halogens is 1. The van der Waals surface area contributed by atoms with E-state index < -0.39 is 17.5 Å². The van der Waals surface area contributed by atoms with Gasteiger partial charge >= 0.3 is 12.1 Å². The number of ether oxygens (including phenoxy) is 7. The van der Waals surface area contributed by atoms with Crippen molar-refractivity contribution in [1.29, 1.82) is 0 Å². The van der Waals surface area contributed by atoms with Crippen molar-refractivity contribution in [3.63, 3.8) is 0 Å². The van der Waals surface area contributed by atoms with Crippen LogP contribution in [0.1, 0.15) is 179 Å². The highest BCUT2D eigenvalue weighted by atomic mass is 35.5. The molecular weight excluding hydrogens is 1320 g/mol. The molecule has 7 rings (SSSR count). The molecule has 0 saturated heterocycles. The number of aromatic nitrogens is 1. The number of anilines is 5. The molecule has 0 saturated carbocycles. The molecule has 1 atom stereocenters. The van der Waals surface area contributed by atoms with E-state index in [4.69, 9.17) is 43.7 Å². The number of methoxy groups -OCH3 is 6. The van der Waals surface area contributed by atoms with Crippen molar-refractivity contribution in [3.05, 3.63) is 148 Å². The molecule has 0 fully saturated rings.